The molecule has 2 aliphatic heterocycles. The molecule has 0 aliphatic carbocycles. The van der Waals surface area contributed by atoms with E-state index in [1.807, 2.05) is 6.07 Å². The molecule has 0 bridgehead atoms. The first-order valence-corrected chi connectivity index (χ1v) is 13.0. The number of aromatic nitrogens is 1. The summed E-state index contributed by atoms with van der Waals surface area (Å²) in [7, 11) is 3.08. The molecule has 0 saturated heterocycles. The van der Waals surface area contributed by atoms with Gasteiger partial charge in [0.05, 0.1) is 36.6 Å². The van der Waals surface area contributed by atoms with Crippen LogP contribution in [0.4, 0.5) is 0 Å². The number of ether oxygens (including phenoxy) is 5. The van der Waals surface area contributed by atoms with Crippen molar-refractivity contribution in [2.24, 2.45) is 4.99 Å². The number of nitrogens with zero attached hydrogens (tertiary/aromatic N) is 2. The van der Waals surface area contributed by atoms with Crippen LogP contribution in [0.2, 0.25) is 0 Å². The maximum Gasteiger partial charge on any atom is 0.338 e. The summed E-state index contributed by atoms with van der Waals surface area (Å²) in [6.45, 7) is 3.79. The number of carbonyl (C=O) groups is 1. The Hall–Kier alpha value is -3.57. The average Bonchev–Trinajstić information content (AvgIpc) is 3.46. The van der Waals surface area contributed by atoms with Gasteiger partial charge in [0, 0.05) is 10.0 Å². The quantitative estimate of drug-likeness (QED) is 0.409. The maximum atomic E-state index is 13.9. The van der Waals surface area contributed by atoms with Crippen LogP contribution < -0.4 is 33.8 Å². The molecule has 0 saturated carbocycles. The van der Waals surface area contributed by atoms with E-state index in [4.69, 9.17) is 23.7 Å². The summed E-state index contributed by atoms with van der Waals surface area (Å²) >= 11 is 4.78. The first-order chi connectivity index (χ1) is 17.9. The fraction of sp³-hybridized carbons (Fsp3) is 0.269. The minimum atomic E-state index is -0.831. The highest BCUT2D eigenvalue weighted by molar-refractivity contribution is 9.10. The Morgan fingerprint density at radius 2 is 1.97 bits per heavy atom. The van der Waals surface area contributed by atoms with Gasteiger partial charge in [0.1, 0.15) is 17.5 Å². The lowest BCUT2D eigenvalue weighted by atomic mass is 9.94. The molecule has 3 aromatic rings. The van der Waals surface area contributed by atoms with E-state index in [2.05, 4.69) is 20.9 Å². The number of hydrogen-bond acceptors (Lipinski definition) is 9. The van der Waals surface area contributed by atoms with E-state index in [9.17, 15) is 9.59 Å². The van der Waals surface area contributed by atoms with Gasteiger partial charge in [-0.15, -0.1) is 0 Å². The molecule has 0 N–H and O–H groups in total. The minimum absolute atomic E-state index is 0.145. The molecule has 1 atom stereocenters. The molecular weight excluding hydrogens is 564 g/mol. The highest BCUT2D eigenvalue weighted by Crippen LogP contribution is 2.39. The monoisotopic (exact) mass is 586 g/mol. The number of halogens is 1. The van der Waals surface area contributed by atoms with Crippen LogP contribution in [0.15, 0.2) is 55.9 Å². The van der Waals surface area contributed by atoms with Gasteiger partial charge in [-0.3, -0.25) is 9.36 Å². The van der Waals surface area contributed by atoms with Crippen LogP contribution in [0.5, 0.6) is 23.0 Å². The van der Waals surface area contributed by atoms with E-state index in [0.717, 1.165) is 10.0 Å². The molecule has 0 amide bonds. The topological polar surface area (TPSA) is 97.6 Å². The highest BCUT2D eigenvalue weighted by atomic mass is 79.9. The standard InChI is InChI=1S/C26H23BrN2O7S/c1-5-34-25(31)22-13(2)28-26-29(23(22)16-10-15(32-3)6-7-18(16)33-4)24(30)21(37-26)9-14-8-19-20(11-17(14)27)36-12-35-19/h6-11,23H,5,12H2,1-4H3/b21-9+/t23-/m1/s1. The number of thiazole rings is 1. The SMILES string of the molecule is CCOC(=O)C1=C(C)N=c2s/c(=C/c3cc4c(cc3Br)OCO4)c(=O)n2[C@@H]1c1cc(OC)ccc1OC. The molecule has 0 radical (unpaired) electrons. The lowest BCUT2D eigenvalue weighted by Crippen LogP contribution is -2.40. The number of hydrogen-bond donors (Lipinski definition) is 0. The Balaban J connectivity index is 1.76. The van der Waals surface area contributed by atoms with Crippen LogP contribution in [-0.4, -0.2) is 38.2 Å². The summed E-state index contributed by atoms with van der Waals surface area (Å²) in [6.07, 6.45) is 1.76. The number of fused-ring (bicyclic) bond motifs is 2. The maximum absolute atomic E-state index is 13.9. The fourth-order valence-corrected chi connectivity index (χ4v) is 5.80. The van der Waals surface area contributed by atoms with Crippen molar-refractivity contribution in [3.63, 3.8) is 0 Å². The van der Waals surface area contributed by atoms with Crippen molar-refractivity contribution in [1.82, 2.24) is 4.57 Å². The zero-order valence-electron chi connectivity index (χ0n) is 20.5. The molecule has 0 spiro atoms. The number of esters is 1. The Bertz CT molecular complexity index is 1620. The third kappa shape index (κ3) is 4.42. The van der Waals surface area contributed by atoms with E-state index in [1.54, 1.807) is 51.3 Å². The molecule has 1 aromatic heterocycles. The summed E-state index contributed by atoms with van der Waals surface area (Å²) in [5, 5.41) is 0. The van der Waals surface area contributed by atoms with Gasteiger partial charge >= 0.3 is 5.97 Å². The molecule has 3 heterocycles. The van der Waals surface area contributed by atoms with Crippen molar-refractivity contribution in [1.29, 1.82) is 0 Å². The van der Waals surface area contributed by atoms with Crippen molar-refractivity contribution < 1.29 is 28.5 Å². The number of allylic oxidation sites excluding steroid dienone is 1. The molecule has 9 nitrogen and oxygen atoms in total. The van der Waals surface area contributed by atoms with Gasteiger partial charge in [0.2, 0.25) is 6.79 Å². The lowest BCUT2D eigenvalue weighted by molar-refractivity contribution is -0.139. The molecule has 2 aromatic carbocycles. The van der Waals surface area contributed by atoms with Crippen molar-refractivity contribution in [3.05, 3.63) is 76.9 Å². The van der Waals surface area contributed by atoms with Crippen LogP contribution in [0.25, 0.3) is 6.08 Å². The third-order valence-electron chi connectivity index (χ3n) is 6.03. The van der Waals surface area contributed by atoms with Crippen LogP contribution in [0.3, 0.4) is 0 Å². The summed E-state index contributed by atoms with van der Waals surface area (Å²) in [5.41, 5.74) is 1.74. The Labute approximate surface area is 224 Å². The Kier molecular flexibility index (Phi) is 6.82. The predicted octanol–water partition coefficient (Wildman–Crippen LogP) is 3.31. The molecule has 0 fully saturated rings. The van der Waals surface area contributed by atoms with Crippen molar-refractivity contribution in [3.8, 4) is 23.0 Å². The third-order valence-corrected chi connectivity index (χ3v) is 7.70. The normalized spacial score (nSPS) is 16.4. The Morgan fingerprint density at radius 3 is 2.68 bits per heavy atom. The van der Waals surface area contributed by atoms with E-state index in [0.29, 0.717) is 43.6 Å². The van der Waals surface area contributed by atoms with E-state index < -0.39 is 12.0 Å². The fourth-order valence-electron chi connectivity index (χ4n) is 4.32. The van der Waals surface area contributed by atoms with Gasteiger partial charge in [-0.05, 0) is 55.8 Å². The molecule has 2 aliphatic rings. The minimum Gasteiger partial charge on any atom is -0.497 e. The van der Waals surface area contributed by atoms with Gasteiger partial charge in [-0.1, -0.05) is 27.3 Å². The van der Waals surface area contributed by atoms with E-state index in [-0.39, 0.29) is 24.5 Å². The molecular formula is C26H23BrN2O7S. The van der Waals surface area contributed by atoms with E-state index in [1.165, 1.54) is 23.0 Å². The second-order valence-corrected chi connectivity index (χ2v) is 10.0. The lowest BCUT2D eigenvalue weighted by Gasteiger charge is -2.26. The zero-order valence-corrected chi connectivity index (χ0v) is 22.9. The number of rotatable bonds is 6. The van der Waals surface area contributed by atoms with Crippen LogP contribution in [0, 0.1) is 0 Å². The average molecular weight is 587 g/mol. The summed E-state index contributed by atoms with van der Waals surface area (Å²) in [5.74, 6) is 1.73. The molecule has 192 valence electrons. The predicted molar refractivity (Wildman–Crippen MR) is 140 cm³/mol. The Morgan fingerprint density at radius 1 is 1.22 bits per heavy atom. The van der Waals surface area contributed by atoms with Crippen molar-refractivity contribution in [2.75, 3.05) is 27.6 Å². The van der Waals surface area contributed by atoms with Crippen molar-refractivity contribution >= 4 is 39.3 Å². The zero-order chi connectivity index (χ0) is 26.3. The second-order valence-electron chi connectivity index (χ2n) is 8.14. The molecule has 5 rings (SSSR count). The van der Waals surface area contributed by atoms with Gasteiger partial charge < -0.3 is 23.7 Å². The molecule has 0 unspecified atom stereocenters. The van der Waals surface area contributed by atoms with Gasteiger partial charge in [-0.2, -0.15) is 0 Å². The van der Waals surface area contributed by atoms with Gasteiger partial charge in [-0.25, -0.2) is 9.79 Å². The first-order valence-electron chi connectivity index (χ1n) is 11.4. The van der Waals surface area contributed by atoms with Crippen LogP contribution in [-0.2, 0) is 9.53 Å². The highest BCUT2D eigenvalue weighted by Gasteiger charge is 2.35. The summed E-state index contributed by atoms with van der Waals surface area (Å²) in [6, 6.07) is 8.03. The number of methoxy groups -OCH3 is 2. The first kappa shape index (κ1) is 25.1. The van der Waals surface area contributed by atoms with E-state index >= 15 is 0 Å². The smallest absolute Gasteiger partial charge is 0.338 e. The van der Waals surface area contributed by atoms with Crippen LogP contribution in [0.1, 0.15) is 31.0 Å². The van der Waals surface area contributed by atoms with Crippen molar-refractivity contribution in [2.45, 2.75) is 19.9 Å². The molecule has 11 heteroatoms. The molecule has 37 heavy (non-hydrogen) atoms. The largest absolute Gasteiger partial charge is 0.497 e. The van der Waals surface area contributed by atoms with Gasteiger partial charge in [0.15, 0.2) is 16.3 Å². The second kappa shape index (κ2) is 10.1. The summed E-state index contributed by atoms with van der Waals surface area (Å²) in [4.78, 5) is 32.1. The summed E-state index contributed by atoms with van der Waals surface area (Å²) < 4.78 is 30.0. The van der Waals surface area contributed by atoms with Crippen LogP contribution >= 0.6 is 27.3 Å². The number of carbonyl (C=O) groups excluding carboxylic acids is 1. The van der Waals surface area contributed by atoms with Gasteiger partial charge in [0.25, 0.3) is 5.56 Å². The number of benzene rings is 2.